The second kappa shape index (κ2) is 6.34. The summed E-state index contributed by atoms with van der Waals surface area (Å²) in [5.74, 6) is 0.418. The molecule has 1 N–H and O–H groups in total. The summed E-state index contributed by atoms with van der Waals surface area (Å²) in [5, 5.41) is 3.21. The summed E-state index contributed by atoms with van der Waals surface area (Å²) in [6.45, 7) is 0. The Kier molecular flexibility index (Phi) is 4.76. The maximum absolute atomic E-state index is 13.5. The zero-order valence-electron chi connectivity index (χ0n) is 10.8. The van der Waals surface area contributed by atoms with Crippen molar-refractivity contribution in [2.24, 2.45) is 0 Å². The third-order valence-corrected chi connectivity index (χ3v) is 3.64. The monoisotopic (exact) mass is 371 g/mol. The maximum Gasteiger partial charge on any atom is 0.124 e. The summed E-state index contributed by atoms with van der Waals surface area (Å²) >= 11 is 2.27. The van der Waals surface area contributed by atoms with E-state index in [1.807, 2.05) is 25.2 Å². The molecule has 0 fully saturated rings. The van der Waals surface area contributed by atoms with Crippen LogP contribution in [0, 0.1) is 9.39 Å². The number of methoxy groups -OCH3 is 1. The van der Waals surface area contributed by atoms with E-state index in [4.69, 9.17) is 4.74 Å². The molecule has 1 unspecified atom stereocenters. The van der Waals surface area contributed by atoms with Gasteiger partial charge in [0.15, 0.2) is 0 Å². The minimum Gasteiger partial charge on any atom is -0.496 e. The van der Waals surface area contributed by atoms with Gasteiger partial charge in [-0.05, 0) is 65.5 Å². The fourth-order valence-corrected chi connectivity index (χ4v) is 2.69. The van der Waals surface area contributed by atoms with Crippen molar-refractivity contribution in [3.8, 4) is 5.75 Å². The van der Waals surface area contributed by atoms with Crippen LogP contribution in [0.3, 0.4) is 0 Å². The molecule has 0 heterocycles. The van der Waals surface area contributed by atoms with Gasteiger partial charge < -0.3 is 10.1 Å². The van der Waals surface area contributed by atoms with Gasteiger partial charge in [0, 0.05) is 9.13 Å². The van der Waals surface area contributed by atoms with Crippen LogP contribution in [-0.2, 0) is 0 Å². The summed E-state index contributed by atoms with van der Waals surface area (Å²) < 4.78 is 20.0. The van der Waals surface area contributed by atoms with Crippen LogP contribution >= 0.6 is 22.6 Å². The highest BCUT2D eigenvalue weighted by molar-refractivity contribution is 14.1. The number of benzene rings is 2. The highest BCUT2D eigenvalue weighted by Crippen LogP contribution is 2.31. The van der Waals surface area contributed by atoms with Crippen LogP contribution in [0.25, 0.3) is 0 Å². The van der Waals surface area contributed by atoms with Gasteiger partial charge in [-0.1, -0.05) is 12.1 Å². The maximum atomic E-state index is 13.5. The number of ether oxygens (including phenoxy) is 1. The Hall–Kier alpha value is -1.14. The molecule has 0 radical (unpaired) electrons. The van der Waals surface area contributed by atoms with E-state index in [1.54, 1.807) is 13.2 Å². The van der Waals surface area contributed by atoms with Crippen LogP contribution in [0.5, 0.6) is 5.75 Å². The molecule has 0 saturated carbocycles. The van der Waals surface area contributed by atoms with Crippen molar-refractivity contribution in [1.82, 2.24) is 5.32 Å². The van der Waals surface area contributed by atoms with E-state index in [0.29, 0.717) is 5.75 Å². The Labute approximate surface area is 126 Å². The minimum absolute atomic E-state index is 0.0969. The molecule has 100 valence electrons. The van der Waals surface area contributed by atoms with Crippen LogP contribution in [0.15, 0.2) is 42.5 Å². The van der Waals surface area contributed by atoms with Crippen molar-refractivity contribution in [2.45, 2.75) is 6.04 Å². The lowest BCUT2D eigenvalue weighted by Crippen LogP contribution is -2.18. The molecular weight excluding hydrogens is 356 g/mol. The molecule has 0 spiro atoms. The molecule has 2 aromatic carbocycles. The summed E-state index contributed by atoms with van der Waals surface area (Å²) in [6, 6.07) is 12.6. The lowest BCUT2D eigenvalue weighted by atomic mass is 9.98. The van der Waals surface area contributed by atoms with Gasteiger partial charge in [0.1, 0.15) is 11.6 Å². The molecule has 0 amide bonds. The predicted octanol–water partition coefficient (Wildman–Crippen LogP) is 3.75. The van der Waals surface area contributed by atoms with Gasteiger partial charge in [-0.2, -0.15) is 0 Å². The molecule has 19 heavy (non-hydrogen) atoms. The van der Waals surface area contributed by atoms with Crippen molar-refractivity contribution in [3.63, 3.8) is 0 Å². The standard InChI is InChI=1S/C15H15FINO/c1-18-15(10-4-3-5-12(17)8-10)13-9-11(16)6-7-14(13)19-2/h3-9,15,18H,1-2H3. The molecule has 2 aromatic rings. The van der Waals surface area contributed by atoms with E-state index in [9.17, 15) is 4.39 Å². The number of hydrogen-bond donors (Lipinski definition) is 1. The van der Waals surface area contributed by atoms with Crippen LogP contribution in [0.2, 0.25) is 0 Å². The summed E-state index contributed by atoms with van der Waals surface area (Å²) in [7, 11) is 3.45. The van der Waals surface area contributed by atoms with Crippen molar-refractivity contribution in [2.75, 3.05) is 14.2 Å². The normalized spacial score (nSPS) is 12.2. The Morgan fingerprint density at radius 1 is 1.21 bits per heavy atom. The molecule has 0 aliphatic carbocycles. The van der Waals surface area contributed by atoms with E-state index in [1.165, 1.54) is 12.1 Å². The fourth-order valence-electron chi connectivity index (χ4n) is 2.12. The number of halogens is 2. The first-order chi connectivity index (χ1) is 9.15. The van der Waals surface area contributed by atoms with Gasteiger partial charge in [0.05, 0.1) is 13.2 Å². The molecule has 0 bridgehead atoms. The largest absolute Gasteiger partial charge is 0.496 e. The van der Waals surface area contributed by atoms with E-state index < -0.39 is 0 Å². The molecule has 2 nitrogen and oxygen atoms in total. The second-order valence-corrected chi connectivity index (χ2v) is 5.41. The van der Waals surface area contributed by atoms with E-state index >= 15 is 0 Å². The van der Waals surface area contributed by atoms with Gasteiger partial charge in [0.2, 0.25) is 0 Å². The highest BCUT2D eigenvalue weighted by atomic mass is 127. The fraction of sp³-hybridized carbons (Fsp3) is 0.200. The minimum atomic E-state index is -0.262. The lowest BCUT2D eigenvalue weighted by Gasteiger charge is -2.20. The van der Waals surface area contributed by atoms with Crippen molar-refractivity contribution < 1.29 is 9.13 Å². The zero-order chi connectivity index (χ0) is 13.8. The first kappa shape index (κ1) is 14.3. The van der Waals surface area contributed by atoms with Gasteiger partial charge >= 0.3 is 0 Å². The average molecular weight is 371 g/mol. The lowest BCUT2D eigenvalue weighted by molar-refractivity contribution is 0.404. The summed E-state index contributed by atoms with van der Waals surface area (Å²) in [6.07, 6.45) is 0. The smallest absolute Gasteiger partial charge is 0.124 e. The zero-order valence-corrected chi connectivity index (χ0v) is 12.9. The second-order valence-electron chi connectivity index (χ2n) is 4.16. The molecule has 0 aliphatic rings. The van der Waals surface area contributed by atoms with Crippen LogP contribution in [0.4, 0.5) is 4.39 Å². The van der Waals surface area contributed by atoms with Crippen molar-refractivity contribution in [1.29, 1.82) is 0 Å². The van der Waals surface area contributed by atoms with Crippen LogP contribution < -0.4 is 10.1 Å². The van der Waals surface area contributed by atoms with Crippen LogP contribution in [0.1, 0.15) is 17.2 Å². The number of hydrogen-bond acceptors (Lipinski definition) is 2. The molecule has 4 heteroatoms. The van der Waals surface area contributed by atoms with E-state index in [0.717, 1.165) is 14.7 Å². The highest BCUT2D eigenvalue weighted by Gasteiger charge is 2.17. The molecule has 0 aliphatic heterocycles. The third kappa shape index (κ3) is 3.25. The number of nitrogens with one attached hydrogen (secondary N) is 1. The Bertz CT molecular complexity index is 574. The molecule has 2 rings (SSSR count). The first-order valence-electron chi connectivity index (χ1n) is 5.92. The Morgan fingerprint density at radius 3 is 2.63 bits per heavy atom. The van der Waals surface area contributed by atoms with Crippen molar-refractivity contribution >= 4 is 22.6 Å². The Balaban J connectivity index is 2.50. The molecule has 1 atom stereocenters. The molecule has 0 saturated heterocycles. The molecular formula is C15H15FINO. The first-order valence-corrected chi connectivity index (χ1v) is 6.99. The van der Waals surface area contributed by atoms with Crippen molar-refractivity contribution in [3.05, 3.63) is 63.0 Å². The van der Waals surface area contributed by atoms with Gasteiger partial charge in [0.25, 0.3) is 0 Å². The van der Waals surface area contributed by atoms with E-state index in [2.05, 4.69) is 34.0 Å². The van der Waals surface area contributed by atoms with Gasteiger partial charge in [-0.3, -0.25) is 0 Å². The Morgan fingerprint density at radius 2 is 2.00 bits per heavy atom. The predicted molar refractivity (Wildman–Crippen MR) is 83.0 cm³/mol. The average Bonchev–Trinajstić information content (AvgIpc) is 2.40. The van der Waals surface area contributed by atoms with Gasteiger partial charge in [-0.25, -0.2) is 4.39 Å². The number of rotatable bonds is 4. The quantitative estimate of drug-likeness (QED) is 0.827. The third-order valence-electron chi connectivity index (χ3n) is 2.97. The summed E-state index contributed by atoms with van der Waals surface area (Å²) in [5.41, 5.74) is 1.88. The topological polar surface area (TPSA) is 21.3 Å². The van der Waals surface area contributed by atoms with E-state index in [-0.39, 0.29) is 11.9 Å². The summed E-state index contributed by atoms with van der Waals surface area (Å²) in [4.78, 5) is 0. The van der Waals surface area contributed by atoms with Gasteiger partial charge in [-0.15, -0.1) is 0 Å². The van der Waals surface area contributed by atoms with Crippen LogP contribution in [-0.4, -0.2) is 14.2 Å². The SMILES string of the molecule is CNC(c1cccc(I)c1)c1cc(F)ccc1OC. The molecule has 0 aromatic heterocycles.